The summed E-state index contributed by atoms with van der Waals surface area (Å²) in [5, 5.41) is 1.15. The predicted molar refractivity (Wildman–Crippen MR) is 168 cm³/mol. The fraction of sp³-hybridized carbons (Fsp3) is 0.500. The number of unbranched alkanes of at least 4 members (excludes halogenated alkanes) is 1. The number of amides is 1. The molecule has 0 aromatic heterocycles. The van der Waals surface area contributed by atoms with Gasteiger partial charge in [0.1, 0.15) is 0 Å². The van der Waals surface area contributed by atoms with Gasteiger partial charge in [-0.15, -0.1) is 0 Å². The van der Waals surface area contributed by atoms with Crippen molar-refractivity contribution in [3.05, 3.63) is 60.6 Å². The summed E-state index contributed by atoms with van der Waals surface area (Å²) in [6, 6.07) is 10.1. The molecule has 0 spiro atoms. The zero-order valence-corrected chi connectivity index (χ0v) is 27.0. The van der Waals surface area contributed by atoms with E-state index in [2.05, 4.69) is 55.2 Å². The smallest absolute Gasteiger partial charge is 0.311 e. The molecule has 208 valence electrons. The van der Waals surface area contributed by atoms with E-state index in [0.29, 0.717) is 35.9 Å². The largest absolute Gasteiger partial charge is 0.469 e. The van der Waals surface area contributed by atoms with Crippen molar-refractivity contribution in [3.63, 3.8) is 0 Å². The number of nitrogens with zero attached hydrogens (tertiary/aromatic N) is 1. The highest BCUT2D eigenvalue weighted by atomic mass is 127. The molecule has 3 atom stereocenters. The molecule has 1 saturated carbocycles. The predicted octanol–water partition coefficient (Wildman–Crippen LogP) is 8.53. The highest BCUT2D eigenvalue weighted by Crippen LogP contribution is 2.59. The minimum atomic E-state index is -0.779. The summed E-state index contributed by atoms with van der Waals surface area (Å²) in [6.45, 7) is 8.73. The standard InChI is InChI=1S/C32H36Cl2INO3/c1-20(2)27-23(33)18-22-29(28(27)34)36(17-10-6-7-12-21-13-8-9-14-24(21)35)26(37)19-25-31(22,3)15-11-16-32(25,4)30(38)39-5/h8-9,13-14,18,20,25H,6,10-11,15-17,19H2,1-5H3/t25-,31-,32-/m1/s1. The van der Waals surface area contributed by atoms with Crippen molar-refractivity contribution in [3.8, 4) is 11.8 Å². The maximum absolute atomic E-state index is 14.1. The van der Waals surface area contributed by atoms with Gasteiger partial charge in [-0.2, -0.15) is 0 Å². The lowest BCUT2D eigenvalue weighted by Gasteiger charge is -2.50. The average molecular weight is 680 g/mol. The normalized spacial score (nSPS) is 24.4. The summed E-state index contributed by atoms with van der Waals surface area (Å²) in [7, 11) is 1.43. The molecule has 2 aromatic carbocycles. The van der Waals surface area contributed by atoms with E-state index in [1.165, 1.54) is 7.11 Å². The van der Waals surface area contributed by atoms with Crippen molar-refractivity contribution < 1.29 is 14.3 Å². The maximum Gasteiger partial charge on any atom is 0.311 e. The van der Waals surface area contributed by atoms with E-state index in [1.54, 1.807) is 0 Å². The molecule has 39 heavy (non-hydrogen) atoms. The SMILES string of the molecule is COC(=O)[C@]1(C)CCC[C@]2(C)c3cc(Cl)c(C(C)C)c(Cl)c3N(CCCC#Cc3ccccc3I)C(=O)C[C@@H]12. The van der Waals surface area contributed by atoms with Crippen LogP contribution in [0.4, 0.5) is 5.69 Å². The summed E-state index contributed by atoms with van der Waals surface area (Å²) >= 11 is 16.3. The van der Waals surface area contributed by atoms with Crippen LogP contribution in [0.15, 0.2) is 30.3 Å². The number of hydrogen-bond donors (Lipinski definition) is 0. The zero-order valence-electron chi connectivity index (χ0n) is 23.3. The molecule has 1 aliphatic heterocycles. The summed E-state index contributed by atoms with van der Waals surface area (Å²) in [4.78, 5) is 29.1. The first kappa shape index (κ1) is 30.2. The van der Waals surface area contributed by atoms with Gasteiger partial charge < -0.3 is 9.64 Å². The summed E-state index contributed by atoms with van der Waals surface area (Å²) in [5.74, 6) is 6.10. The molecular formula is C32H36Cl2INO3. The molecule has 2 aromatic rings. The van der Waals surface area contributed by atoms with Gasteiger partial charge in [-0.25, -0.2) is 0 Å². The molecule has 4 nitrogen and oxygen atoms in total. The van der Waals surface area contributed by atoms with Gasteiger partial charge in [0.15, 0.2) is 0 Å². The molecule has 0 bridgehead atoms. The lowest BCUT2D eigenvalue weighted by molar-refractivity contribution is -0.161. The van der Waals surface area contributed by atoms with Crippen LogP contribution in [0.5, 0.6) is 0 Å². The fourth-order valence-corrected chi connectivity index (χ4v) is 8.18. The number of hydrogen-bond acceptors (Lipinski definition) is 3. The third kappa shape index (κ3) is 5.59. The Morgan fingerprint density at radius 2 is 1.95 bits per heavy atom. The van der Waals surface area contributed by atoms with Gasteiger partial charge in [-0.05, 0) is 95.4 Å². The summed E-state index contributed by atoms with van der Waals surface area (Å²) in [5.41, 5.74) is 2.32. The Bertz CT molecular complexity index is 1350. The second kappa shape index (κ2) is 12.0. The first-order valence-corrected chi connectivity index (χ1v) is 15.4. The fourth-order valence-electron chi connectivity index (χ4n) is 6.67. The number of ether oxygens (including phenoxy) is 1. The quantitative estimate of drug-likeness (QED) is 0.138. The molecule has 4 rings (SSSR count). The first-order chi connectivity index (χ1) is 18.5. The van der Waals surface area contributed by atoms with E-state index in [4.69, 9.17) is 27.9 Å². The molecule has 1 fully saturated rings. The Kier molecular flexibility index (Phi) is 9.30. The molecule has 0 radical (unpaired) electrons. The molecule has 1 heterocycles. The van der Waals surface area contributed by atoms with E-state index >= 15 is 0 Å². The van der Waals surface area contributed by atoms with Crippen molar-refractivity contribution in [1.82, 2.24) is 0 Å². The number of methoxy groups -OCH3 is 1. The lowest BCUT2D eigenvalue weighted by atomic mass is 9.53. The van der Waals surface area contributed by atoms with Gasteiger partial charge >= 0.3 is 5.97 Å². The number of benzene rings is 2. The minimum absolute atomic E-state index is 0.0218. The number of anilines is 1. The molecule has 1 aliphatic carbocycles. The van der Waals surface area contributed by atoms with E-state index in [9.17, 15) is 9.59 Å². The van der Waals surface area contributed by atoms with E-state index in [-0.39, 0.29) is 30.1 Å². The third-order valence-corrected chi connectivity index (χ3v) is 10.4. The maximum atomic E-state index is 14.1. The van der Waals surface area contributed by atoms with E-state index in [0.717, 1.165) is 38.8 Å². The number of fused-ring (bicyclic) bond motifs is 3. The highest BCUT2D eigenvalue weighted by Gasteiger charge is 2.57. The van der Waals surface area contributed by atoms with Crippen LogP contribution in [0, 0.1) is 26.7 Å². The summed E-state index contributed by atoms with van der Waals surface area (Å²) in [6.07, 6.45) is 3.96. The Morgan fingerprint density at radius 3 is 2.62 bits per heavy atom. The van der Waals surface area contributed by atoms with Crippen LogP contribution >= 0.6 is 45.8 Å². The van der Waals surface area contributed by atoms with E-state index < -0.39 is 10.8 Å². The Labute approximate surface area is 256 Å². The van der Waals surface area contributed by atoms with Crippen LogP contribution in [0.2, 0.25) is 10.0 Å². The highest BCUT2D eigenvalue weighted by molar-refractivity contribution is 14.1. The number of carbonyl (C=O) groups excluding carboxylic acids is 2. The molecule has 0 N–H and O–H groups in total. The second-order valence-corrected chi connectivity index (χ2v) is 13.5. The Balaban J connectivity index is 1.77. The topological polar surface area (TPSA) is 46.6 Å². The lowest BCUT2D eigenvalue weighted by Crippen LogP contribution is -2.51. The minimum Gasteiger partial charge on any atom is -0.469 e. The molecular weight excluding hydrogens is 644 g/mol. The van der Waals surface area contributed by atoms with Gasteiger partial charge in [0, 0.05) is 33.5 Å². The van der Waals surface area contributed by atoms with E-state index in [1.807, 2.05) is 42.2 Å². The second-order valence-electron chi connectivity index (χ2n) is 11.5. The average Bonchev–Trinajstić information content (AvgIpc) is 2.97. The number of halogens is 3. The van der Waals surface area contributed by atoms with Crippen LogP contribution in [-0.4, -0.2) is 25.5 Å². The van der Waals surface area contributed by atoms with Crippen LogP contribution in [0.25, 0.3) is 0 Å². The van der Waals surface area contributed by atoms with Crippen LogP contribution in [-0.2, 0) is 19.7 Å². The van der Waals surface area contributed by atoms with Crippen molar-refractivity contribution >= 4 is 63.4 Å². The van der Waals surface area contributed by atoms with Crippen LogP contribution < -0.4 is 4.90 Å². The Hall–Kier alpha value is -1.75. The molecule has 1 amide bonds. The van der Waals surface area contributed by atoms with Crippen molar-refractivity contribution in [2.45, 2.75) is 77.6 Å². The van der Waals surface area contributed by atoms with Crippen LogP contribution in [0.3, 0.4) is 0 Å². The third-order valence-electron chi connectivity index (χ3n) is 8.73. The summed E-state index contributed by atoms with van der Waals surface area (Å²) < 4.78 is 6.40. The molecule has 0 unspecified atom stereocenters. The van der Waals surface area contributed by atoms with Gasteiger partial charge in [0.25, 0.3) is 0 Å². The first-order valence-electron chi connectivity index (χ1n) is 13.6. The van der Waals surface area contributed by atoms with Gasteiger partial charge in [-0.3, -0.25) is 9.59 Å². The van der Waals surface area contributed by atoms with Crippen molar-refractivity contribution in [1.29, 1.82) is 0 Å². The van der Waals surface area contributed by atoms with Gasteiger partial charge in [0.05, 0.1) is 23.2 Å². The Morgan fingerprint density at radius 1 is 1.23 bits per heavy atom. The van der Waals surface area contributed by atoms with Gasteiger partial charge in [-0.1, -0.05) is 74.4 Å². The number of carbonyl (C=O) groups is 2. The number of rotatable bonds is 5. The zero-order chi connectivity index (χ0) is 28.5. The molecule has 0 saturated heterocycles. The van der Waals surface area contributed by atoms with Crippen LogP contribution in [0.1, 0.15) is 88.8 Å². The molecule has 2 aliphatic rings. The van der Waals surface area contributed by atoms with Crippen molar-refractivity contribution in [2.75, 3.05) is 18.6 Å². The number of esters is 1. The monoisotopic (exact) mass is 679 g/mol. The van der Waals surface area contributed by atoms with Crippen molar-refractivity contribution in [2.24, 2.45) is 11.3 Å². The van der Waals surface area contributed by atoms with Gasteiger partial charge in [0.2, 0.25) is 5.91 Å². The molecule has 7 heteroatoms.